The van der Waals surface area contributed by atoms with Gasteiger partial charge in [0.2, 0.25) is 0 Å². The lowest BCUT2D eigenvalue weighted by Gasteiger charge is -2.35. The summed E-state index contributed by atoms with van der Waals surface area (Å²) in [5.74, 6) is -0.274. The van der Waals surface area contributed by atoms with Crippen LogP contribution in [-0.2, 0) is 14.3 Å². The first-order valence-electron chi connectivity index (χ1n) is 6.75. The van der Waals surface area contributed by atoms with Gasteiger partial charge in [0.25, 0.3) is 0 Å². The molecule has 1 aliphatic heterocycles. The highest BCUT2D eigenvalue weighted by atomic mass is 16.6. The average Bonchev–Trinajstić information content (AvgIpc) is 2.35. The van der Waals surface area contributed by atoms with E-state index in [1.54, 1.807) is 6.92 Å². The summed E-state index contributed by atoms with van der Waals surface area (Å²) in [6.07, 6.45) is 2.43. The fraction of sp³-hybridized carbons (Fsp3) is 0.923. The number of likely N-dealkylation sites (tertiary alicyclic amines) is 1. The quantitative estimate of drug-likeness (QED) is 0.494. The molecule has 0 spiro atoms. The maximum Gasteiger partial charge on any atom is 0.332 e. The van der Waals surface area contributed by atoms with Crippen LogP contribution in [0.15, 0.2) is 0 Å². The van der Waals surface area contributed by atoms with E-state index < -0.39 is 0 Å². The van der Waals surface area contributed by atoms with Gasteiger partial charge in [0.05, 0.1) is 13.2 Å². The molecule has 0 saturated carbocycles. The standard InChI is InChI=1S/C13H26N2O3/c1-4-18-13(16)11-17-10-9-15-7-5-12(6-8-15)14(2)3/h12H,4-11H2,1-3H3. The van der Waals surface area contributed by atoms with Gasteiger partial charge >= 0.3 is 5.97 Å². The Morgan fingerprint density at radius 2 is 2.00 bits per heavy atom. The number of carbonyl (C=O) groups is 1. The molecule has 5 heteroatoms. The zero-order valence-electron chi connectivity index (χ0n) is 11.9. The van der Waals surface area contributed by atoms with Crippen LogP contribution >= 0.6 is 0 Å². The van der Waals surface area contributed by atoms with Crippen LogP contribution in [0, 0.1) is 0 Å². The van der Waals surface area contributed by atoms with Crippen molar-refractivity contribution in [2.75, 3.05) is 53.6 Å². The molecule has 1 heterocycles. The van der Waals surface area contributed by atoms with Gasteiger partial charge in [0.15, 0.2) is 0 Å². The average molecular weight is 258 g/mol. The maximum absolute atomic E-state index is 11.0. The molecule has 1 fully saturated rings. The normalized spacial score (nSPS) is 18.2. The van der Waals surface area contributed by atoms with Crippen LogP contribution in [0.25, 0.3) is 0 Å². The Hall–Kier alpha value is -0.650. The Morgan fingerprint density at radius 1 is 1.33 bits per heavy atom. The number of piperidine rings is 1. The molecule has 106 valence electrons. The first kappa shape index (κ1) is 15.4. The highest BCUT2D eigenvalue weighted by Gasteiger charge is 2.19. The molecule has 0 aromatic carbocycles. The van der Waals surface area contributed by atoms with E-state index in [2.05, 4.69) is 23.9 Å². The number of hydrogen-bond donors (Lipinski definition) is 0. The highest BCUT2D eigenvalue weighted by Crippen LogP contribution is 2.13. The molecular weight excluding hydrogens is 232 g/mol. The smallest absolute Gasteiger partial charge is 0.332 e. The first-order valence-corrected chi connectivity index (χ1v) is 6.75. The zero-order chi connectivity index (χ0) is 13.4. The third kappa shape index (κ3) is 5.80. The summed E-state index contributed by atoms with van der Waals surface area (Å²) in [7, 11) is 4.28. The van der Waals surface area contributed by atoms with E-state index in [0.717, 1.165) is 19.6 Å². The van der Waals surface area contributed by atoms with Gasteiger partial charge in [-0.1, -0.05) is 0 Å². The Bertz CT molecular complexity index is 238. The third-order valence-electron chi connectivity index (χ3n) is 3.36. The van der Waals surface area contributed by atoms with Crippen molar-refractivity contribution < 1.29 is 14.3 Å². The van der Waals surface area contributed by atoms with Crippen LogP contribution < -0.4 is 0 Å². The van der Waals surface area contributed by atoms with Crippen molar-refractivity contribution in [1.29, 1.82) is 0 Å². The topological polar surface area (TPSA) is 42.0 Å². The van der Waals surface area contributed by atoms with Gasteiger partial charge in [-0.2, -0.15) is 0 Å². The van der Waals surface area contributed by atoms with Crippen molar-refractivity contribution in [2.24, 2.45) is 0 Å². The molecule has 0 atom stereocenters. The van der Waals surface area contributed by atoms with Gasteiger partial charge < -0.3 is 19.3 Å². The molecule has 0 unspecified atom stereocenters. The zero-order valence-corrected chi connectivity index (χ0v) is 11.9. The molecule has 0 N–H and O–H groups in total. The van der Waals surface area contributed by atoms with Crippen molar-refractivity contribution in [1.82, 2.24) is 9.80 Å². The van der Waals surface area contributed by atoms with E-state index in [0.29, 0.717) is 19.3 Å². The van der Waals surface area contributed by atoms with E-state index in [-0.39, 0.29) is 12.6 Å². The molecule has 0 aromatic heterocycles. The monoisotopic (exact) mass is 258 g/mol. The van der Waals surface area contributed by atoms with Crippen molar-refractivity contribution in [2.45, 2.75) is 25.8 Å². The SMILES string of the molecule is CCOC(=O)COCCN1CCC(N(C)C)CC1. The van der Waals surface area contributed by atoms with E-state index in [4.69, 9.17) is 9.47 Å². The second-order valence-electron chi connectivity index (χ2n) is 4.89. The summed E-state index contributed by atoms with van der Waals surface area (Å²) >= 11 is 0. The summed E-state index contributed by atoms with van der Waals surface area (Å²) < 4.78 is 10.1. The van der Waals surface area contributed by atoms with Gasteiger partial charge in [-0.25, -0.2) is 4.79 Å². The van der Waals surface area contributed by atoms with E-state index in [1.165, 1.54) is 12.8 Å². The van der Waals surface area contributed by atoms with E-state index in [9.17, 15) is 4.79 Å². The molecular formula is C13H26N2O3. The molecule has 1 aliphatic rings. The molecule has 0 aliphatic carbocycles. The van der Waals surface area contributed by atoms with Gasteiger partial charge in [-0.05, 0) is 47.0 Å². The Balaban J connectivity index is 2.02. The number of nitrogens with zero attached hydrogens (tertiary/aromatic N) is 2. The molecule has 1 rings (SSSR count). The molecule has 0 amide bonds. The predicted molar refractivity (Wildman–Crippen MR) is 70.6 cm³/mol. The molecule has 18 heavy (non-hydrogen) atoms. The third-order valence-corrected chi connectivity index (χ3v) is 3.36. The lowest BCUT2D eigenvalue weighted by molar-refractivity contribution is -0.148. The predicted octanol–water partition coefficient (Wildman–Crippen LogP) is 0.592. The van der Waals surface area contributed by atoms with Crippen LogP contribution in [0.5, 0.6) is 0 Å². The van der Waals surface area contributed by atoms with Crippen molar-refractivity contribution in [3.63, 3.8) is 0 Å². The van der Waals surface area contributed by atoms with Gasteiger partial charge in [0.1, 0.15) is 6.61 Å². The Kier molecular flexibility index (Phi) is 7.23. The molecule has 5 nitrogen and oxygen atoms in total. The largest absolute Gasteiger partial charge is 0.464 e. The molecule has 0 radical (unpaired) electrons. The fourth-order valence-corrected chi connectivity index (χ4v) is 2.21. The fourth-order valence-electron chi connectivity index (χ4n) is 2.21. The minimum Gasteiger partial charge on any atom is -0.464 e. The second kappa shape index (κ2) is 8.45. The summed E-state index contributed by atoms with van der Waals surface area (Å²) in [6, 6.07) is 0.710. The van der Waals surface area contributed by atoms with Gasteiger partial charge in [-0.15, -0.1) is 0 Å². The second-order valence-corrected chi connectivity index (χ2v) is 4.89. The minimum atomic E-state index is -0.274. The summed E-state index contributed by atoms with van der Waals surface area (Å²) in [4.78, 5) is 15.7. The Labute approximate surface area is 110 Å². The van der Waals surface area contributed by atoms with Crippen LogP contribution in [0.4, 0.5) is 0 Å². The van der Waals surface area contributed by atoms with Crippen molar-refractivity contribution in [3.05, 3.63) is 0 Å². The van der Waals surface area contributed by atoms with Crippen LogP contribution in [0.2, 0.25) is 0 Å². The van der Waals surface area contributed by atoms with E-state index in [1.807, 2.05) is 0 Å². The summed E-state index contributed by atoms with van der Waals surface area (Å²) in [6.45, 7) is 6.03. The molecule has 1 saturated heterocycles. The number of ether oxygens (including phenoxy) is 2. The van der Waals surface area contributed by atoms with Gasteiger partial charge in [-0.3, -0.25) is 0 Å². The molecule has 0 aromatic rings. The summed E-state index contributed by atoms with van der Waals surface area (Å²) in [5, 5.41) is 0. The van der Waals surface area contributed by atoms with Crippen LogP contribution in [-0.4, -0.2) is 75.4 Å². The highest BCUT2D eigenvalue weighted by molar-refractivity contribution is 5.70. The number of rotatable bonds is 7. The Morgan fingerprint density at radius 3 is 2.56 bits per heavy atom. The maximum atomic E-state index is 11.0. The van der Waals surface area contributed by atoms with Crippen LogP contribution in [0.1, 0.15) is 19.8 Å². The minimum absolute atomic E-state index is 0.0714. The first-order chi connectivity index (χ1) is 8.63. The number of hydrogen-bond acceptors (Lipinski definition) is 5. The lowest BCUT2D eigenvalue weighted by Crippen LogP contribution is -2.43. The van der Waals surface area contributed by atoms with Crippen LogP contribution in [0.3, 0.4) is 0 Å². The lowest BCUT2D eigenvalue weighted by atomic mass is 10.0. The molecule has 0 bridgehead atoms. The van der Waals surface area contributed by atoms with Crippen molar-refractivity contribution in [3.8, 4) is 0 Å². The van der Waals surface area contributed by atoms with Crippen molar-refractivity contribution >= 4 is 5.97 Å². The number of esters is 1. The van der Waals surface area contributed by atoms with E-state index >= 15 is 0 Å². The number of carbonyl (C=O) groups excluding carboxylic acids is 1. The van der Waals surface area contributed by atoms with Gasteiger partial charge in [0, 0.05) is 12.6 Å². The summed E-state index contributed by atoms with van der Waals surface area (Å²) in [5.41, 5.74) is 0.